The number of phenolic OH excluding ortho intramolecular Hbond substituents is 1. The molecule has 2 aliphatic rings. The van der Waals surface area contributed by atoms with Gasteiger partial charge in [-0.3, -0.25) is 9.69 Å². The Labute approximate surface area is 199 Å². The smallest absolute Gasteiger partial charge is 0.306 e. The summed E-state index contributed by atoms with van der Waals surface area (Å²) in [6.45, 7) is 7.46. The van der Waals surface area contributed by atoms with Crippen molar-refractivity contribution < 1.29 is 19.7 Å². The van der Waals surface area contributed by atoms with E-state index < -0.39 is 5.97 Å². The average Bonchev–Trinajstić information content (AvgIpc) is 2.98. The highest BCUT2D eigenvalue weighted by atomic mass is 32.2. The number of aliphatic carboxylic acids is 1. The van der Waals surface area contributed by atoms with Crippen molar-refractivity contribution in [2.45, 2.75) is 29.6 Å². The number of carboxylic acid groups (broad SMARTS) is 1. The summed E-state index contributed by atoms with van der Waals surface area (Å²) in [7, 11) is 0. The van der Waals surface area contributed by atoms with Gasteiger partial charge in [-0.25, -0.2) is 4.99 Å². The fourth-order valence-corrected chi connectivity index (χ4v) is 5.21. The number of carboxylic acids is 1. The van der Waals surface area contributed by atoms with Gasteiger partial charge in [-0.1, -0.05) is 36.9 Å². The Morgan fingerprint density at radius 2 is 1.91 bits per heavy atom. The van der Waals surface area contributed by atoms with E-state index >= 15 is 0 Å². The van der Waals surface area contributed by atoms with Crippen LogP contribution in [-0.4, -0.2) is 77.8 Å². The van der Waals surface area contributed by atoms with Crippen molar-refractivity contribution in [2.24, 2.45) is 10.9 Å². The number of nitrogens with zero attached hydrogens (tertiary/aromatic N) is 3. The van der Waals surface area contributed by atoms with Crippen LogP contribution in [0.4, 0.5) is 5.69 Å². The van der Waals surface area contributed by atoms with Crippen molar-refractivity contribution in [1.29, 1.82) is 0 Å². The molecular formula is C25H31N3O4S. The maximum absolute atomic E-state index is 11.1. The minimum Gasteiger partial charge on any atom is -0.508 e. The molecule has 2 N–H and O–H groups in total. The highest BCUT2D eigenvalue weighted by Gasteiger charge is 2.25. The van der Waals surface area contributed by atoms with E-state index in [9.17, 15) is 9.90 Å². The second-order valence-corrected chi connectivity index (χ2v) is 9.44. The zero-order valence-corrected chi connectivity index (χ0v) is 19.8. The standard InChI is InChI=1S/C25H31N3O4S/c1-2-18(25(30)31)9-15-32-16-14-27-10-12-28(13-11-27)24-20-5-3-4-6-22(20)33-23-17-19(29)7-8-21(23)26-24/h3-8,17-18,29H,2,9-16H2,1H3,(H,30,31). The molecule has 1 unspecified atom stereocenters. The molecule has 8 heteroatoms. The Balaban J connectivity index is 1.34. The van der Waals surface area contributed by atoms with Crippen LogP contribution in [0.2, 0.25) is 0 Å². The van der Waals surface area contributed by atoms with Gasteiger partial charge in [0, 0.05) is 54.7 Å². The lowest BCUT2D eigenvalue weighted by molar-refractivity contribution is -0.142. The van der Waals surface area contributed by atoms with Crippen molar-refractivity contribution in [2.75, 3.05) is 45.9 Å². The van der Waals surface area contributed by atoms with Crippen LogP contribution in [0.15, 0.2) is 57.2 Å². The van der Waals surface area contributed by atoms with E-state index in [-0.39, 0.29) is 11.7 Å². The molecule has 1 saturated heterocycles. The molecule has 0 spiro atoms. The van der Waals surface area contributed by atoms with Gasteiger partial charge in [-0.15, -0.1) is 0 Å². The van der Waals surface area contributed by atoms with E-state index in [0.717, 1.165) is 59.6 Å². The molecule has 0 radical (unpaired) electrons. The minimum absolute atomic E-state index is 0.251. The van der Waals surface area contributed by atoms with Crippen molar-refractivity contribution in [3.05, 3.63) is 48.0 Å². The molecule has 0 aromatic heterocycles. The molecule has 0 saturated carbocycles. The quantitative estimate of drug-likeness (QED) is 0.564. The molecule has 2 aliphatic heterocycles. The number of fused-ring (bicyclic) bond motifs is 2. The highest BCUT2D eigenvalue weighted by molar-refractivity contribution is 7.99. The molecule has 4 rings (SSSR count). The second kappa shape index (κ2) is 11.0. The molecule has 176 valence electrons. The summed E-state index contributed by atoms with van der Waals surface area (Å²) in [5.41, 5.74) is 2.01. The number of aliphatic imine (C=N–C) groups is 1. The van der Waals surface area contributed by atoms with Gasteiger partial charge < -0.3 is 19.8 Å². The van der Waals surface area contributed by atoms with E-state index in [2.05, 4.69) is 21.9 Å². The molecule has 0 bridgehead atoms. The Kier molecular flexibility index (Phi) is 7.90. The van der Waals surface area contributed by atoms with Crippen molar-refractivity contribution in [3.63, 3.8) is 0 Å². The maximum Gasteiger partial charge on any atom is 0.306 e. The SMILES string of the molecule is CCC(CCOCCN1CCN(C2=Nc3ccc(O)cc3Sc3ccccc32)CC1)C(=O)O. The Bertz CT molecular complexity index is 1000. The first-order chi connectivity index (χ1) is 16.0. The Morgan fingerprint density at radius 3 is 2.67 bits per heavy atom. The van der Waals surface area contributed by atoms with Gasteiger partial charge in [0.05, 0.1) is 18.2 Å². The van der Waals surface area contributed by atoms with Crippen LogP contribution in [-0.2, 0) is 9.53 Å². The van der Waals surface area contributed by atoms with E-state index in [0.29, 0.717) is 26.1 Å². The zero-order chi connectivity index (χ0) is 23.2. The van der Waals surface area contributed by atoms with E-state index in [4.69, 9.17) is 14.8 Å². The Morgan fingerprint density at radius 1 is 1.12 bits per heavy atom. The van der Waals surface area contributed by atoms with Crippen LogP contribution in [0.5, 0.6) is 5.75 Å². The predicted octanol–water partition coefficient (Wildman–Crippen LogP) is 4.07. The third-order valence-corrected chi connectivity index (χ3v) is 7.32. The molecule has 1 fully saturated rings. The van der Waals surface area contributed by atoms with E-state index in [1.807, 2.05) is 25.1 Å². The number of benzene rings is 2. The van der Waals surface area contributed by atoms with Crippen LogP contribution in [0, 0.1) is 5.92 Å². The molecule has 2 aromatic rings. The largest absolute Gasteiger partial charge is 0.508 e. The number of piperazine rings is 1. The first-order valence-electron chi connectivity index (χ1n) is 11.5. The molecule has 0 aliphatic carbocycles. The lowest BCUT2D eigenvalue weighted by atomic mass is 10.0. The first kappa shape index (κ1) is 23.6. The lowest BCUT2D eigenvalue weighted by Crippen LogP contribution is -2.49. The molecular weight excluding hydrogens is 438 g/mol. The average molecular weight is 470 g/mol. The van der Waals surface area contributed by atoms with Gasteiger partial charge in [0.1, 0.15) is 11.6 Å². The minimum atomic E-state index is -0.738. The van der Waals surface area contributed by atoms with Crippen molar-refractivity contribution in [1.82, 2.24) is 9.80 Å². The summed E-state index contributed by atoms with van der Waals surface area (Å²) in [6, 6.07) is 13.7. The van der Waals surface area contributed by atoms with Crippen LogP contribution in [0.1, 0.15) is 25.3 Å². The third-order valence-electron chi connectivity index (χ3n) is 6.19. The highest BCUT2D eigenvalue weighted by Crippen LogP contribution is 2.42. The number of amidine groups is 1. The van der Waals surface area contributed by atoms with E-state index in [1.54, 1.807) is 23.9 Å². The number of ether oxygens (including phenoxy) is 1. The number of phenols is 1. The van der Waals surface area contributed by atoms with Crippen molar-refractivity contribution >= 4 is 29.3 Å². The van der Waals surface area contributed by atoms with Gasteiger partial charge in [-0.2, -0.15) is 0 Å². The van der Waals surface area contributed by atoms with Crippen LogP contribution < -0.4 is 0 Å². The van der Waals surface area contributed by atoms with Gasteiger partial charge >= 0.3 is 5.97 Å². The molecule has 0 amide bonds. The number of hydrogen-bond donors (Lipinski definition) is 2. The summed E-state index contributed by atoms with van der Waals surface area (Å²) >= 11 is 1.64. The van der Waals surface area contributed by atoms with Crippen LogP contribution in [0.3, 0.4) is 0 Å². The summed E-state index contributed by atoms with van der Waals surface area (Å²) < 4.78 is 5.71. The molecule has 33 heavy (non-hydrogen) atoms. The number of hydrogen-bond acceptors (Lipinski definition) is 7. The molecule has 2 heterocycles. The van der Waals surface area contributed by atoms with Gasteiger partial charge in [0.2, 0.25) is 0 Å². The summed E-state index contributed by atoms with van der Waals surface area (Å²) in [4.78, 5) is 22.9. The number of carbonyl (C=O) groups is 1. The third kappa shape index (κ3) is 5.88. The van der Waals surface area contributed by atoms with Crippen LogP contribution in [0.25, 0.3) is 0 Å². The molecule has 2 aromatic carbocycles. The van der Waals surface area contributed by atoms with Gasteiger partial charge in [0.15, 0.2) is 0 Å². The first-order valence-corrected chi connectivity index (χ1v) is 12.3. The van der Waals surface area contributed by atoms with Crippen molar-refractivity contribution in [3.8, 4) is 5.75 Å². The number of rotatable bonds is 8. The monoisotopic (exact) mass is 469 g/mol. The summed E-state index contributed by atoms with van der Waals surface area (Å²) in [5, 5.41) is 19.0. The lowest BCUT2D eigenvalue weighted by Gasteiger charge is -2.36. The second-order valence-electron chi connectivity index (χ2n) is 8.36. The topological polar surface area (TPSA) is 85.6 Å². The van der Waals surface area contributed by atoms with Gasteiger partial charge in [0.25, 0.3) is 0 Å². The molecule has 7 nitrogen and oxygen atoms in total. The normalized spacial score (nSPS) is 17.0. The predicted molar refractivity (Wildman–Crippen MR) is 130 cm³/mol. The maximum atomic E-state index is 11.1. The fourth-order valence-electron chi connectivity index (χ4n) is 4.16. The van der Waals surface area contributed by atoms with E-state index in [1.165, 1.54) is 0 Å². The fraction of sp³-hybridized carbons (Fsp3) is 0.440. The number of aromatic hydroxyl groups is 1. The zero-order valence-electron chi connectivity index (χ0n) is 18.9. The Hall–Kier alpha value is -2.55. The van der Waals surface area contributed by atoms with Crippen LogP contribution >= 0.6 is 11.8 Å². The van der Waals surface area contributed by atoms with Gasteiger partial charge in [-0.05, 0) is 37.1 Å². The summed E-state index contributed by atoms with van der Waals surface area (Å²) in [5.74, 6) is 0.182. The molecule has 1 atom stereocenters. The summed E-state index contributed by atoms with van der Waals surface area (Å²) in [6.07, 6.45) is 1.20.